The number of para-hydroxylation sites is 2. The summed E-state index contributed by atoms with van der Waals surface area (Å²) in [5, 5.41) is 0.424. The van der Waals surface area contributed by atoms with Crippen LogP contribution in [-0.2, 0) is 0 Å². The van der Waals surface area contributed by atoms with Gasteiger partial charge in [-0.2, -0.15) is 0 Å². The number of hydrogen-bond acceptors (Lipinski definition) is 6. The van der Waals surface area contributed by atoms with Crippen molar-refractivity contribution in [2.24, 2.45) is 0 Å². The normalized spacial score (nSPS) is 15.8. The number of benzene rings is 3. The highest BCUT2D eigenvalue weighted by atomic mass is 35.5. The summed E-state index contributed by atoms with van der Waals surface area (Å²) in [6, 6.07) is 22.1. The summed E-state index contributed by atoms with van der Waals surface area (Å²) in [5.41, 5.74) is 2.81. The topological polar surface area (TPSA) is 21.8 Å². The van der Waals surface area contributed by atoms with Gasteiger partial charge in [-0.3, -0.25) is 4.31 Å². The Morgan fingerprint density at radius 2 is 1.73 bits per heavy atom. The SMILES string of the molecule is CN(C)Sc1ccc(SNc2ccccc2N(C)C2CCN(c3ccc(Cl)cc3F)C2)cc1. The first-order chi connectivity index (χ1) is 15.9. The fraction of sp³-hybridized carbons (Fsp3) is 0.280. The third-order valence-corrected chi connectivity index (χ3v) is 7.55. The largest absolute Gasteiger partial charge is 0.368 e. The molecular formula is C25H28ClFN4S2. The zero-order chi connectivity index (χ0) is 23.4. The van der Waals surface area contributed by atoms with Gasteiger partial charge >= 0.3 is 0 Å². The van der Waals surface area contributed by atoms with Crippen LogP contribution in [0, 0.1) is 5.82 Å². The highest BCUT2D eigenvalue weighted by molar-refractivity contribution is 8.00. The van der Waals surface area contributed by atoms with Gasteiger partial charge in [0, 0.05) is 41.0 Å². The monoisotopic (exact) mass is 502 g/mol. The van der Waals surface area contributed by atoms with E-state index >= 15 is 0 Å². The van der Waals surface area contributed by atoms with E-state index in [9.17, 15) is 4.39 Å². The second kappa shape index (κ2) is 10.9. The first-order valence-corrected chi connectivity index (χ1v) is 12.8. The Hall–Kier alpha value is -2.06. The van der Waals surface area contributed by atoms with Crippen LogP contribution >= 0.6 is 35.5 Å². The Morgan fingerprint density at radius 1 is 1.00 bits per heavy atom. The molecular weight excluding hydrogens is 475 g/mol. The summed E-state index contributed by atoms with van der Waals surface area (Å²) in [7, 11) is 6.19. The molecule has 0 spiro atoms. The van der Waals surface area contributed by atoms with Crippen molar-refractivity contribution in [3.8, 4) is 0 Å². The van der Waals surface area contributed by atoms with Gasteiger partial charge in [0.25, 0.3) is 0 Å². The summed E-state index contributed by atoms with van der Waals surface area (Å²) in [4.78, 5) is 6.77. The van der Waals surface area contributed by atoms with E-state index in [1.54, 1.807) is 36.0 Å². The standard InChI is InChI=1S/C25H28ClFN4S2/c1-29(2)33-21-11-9-20(10-12-21)32-28-23-6-4-5-7-25(23)30(3)19-14-15-31(17-19)24-13-8-18(26)16-22(24)27/h4-13,16,19,28H,14-15,17H2,1-3H3. The molecule has 3 aromatic carbocycles. The molecule has 1 aliphatic rings. The van der Waals surface area contributed by atoms with Gasteiger partial charge in [0.1, 0.15) is 5.82 Å². The van der Waals surface area contributed by atoms with Crippen molar-refractivity contribution in [2.45, 2.75) is 22.3 Å². The average molecular weight is 503 g/mol. The number of halogens is 2. The van der Waals surface area contributed by atoms with Crippen molar-refractivity contribution in [2.75, 3.05) is 48.8 Å². The van der Waals surface area contributed by atoms with Gasteiger partial charge in [-0.05, 0) is 99.0 Å². The van der Waals surface area contributed by atoms with Crippen molar-refractivity contribution < 1.29 is 4.39 Å². The molecule has 0 aliphatic carbocycles. The second-order valence-corrected chi connectivity index (χ2v) is 10.9. The lowest BCUT2D eigenvalue weighted by Crippen LogP contribution is -2.35. The van der Waals surface area contributed by atoms with Crippen LogP contribution in [0.25, 0.3) is 0 Å². The number of likely N-dealkylation sites (N-methyl/N-ethyl adjacent to an activating group) is 1. The fourth-order valence-electron chi connectivity index (χ4n) is 3.97. The predicted molar refractivity (Wildman–Crippen MR) is 142 cm³/mol. The maximum Gasteiger partial charge on any atom is 0.147 e. The van der Waals surface area contributed by atoms with Gasteiger partial charge in [-0.15, -0.1) is 0 Å². The molecule has 1 atom stereocenters. The molecule has 1 heterocycles. The smallest absolute Gasteiger partial charge is 0.147 e. The minimum absolute atomic E-state index is 0.265. The molecule has 33 heavy (non-hydrogen) atoms. The quantitative estimate of drug-likeness (QED) is 0.336. The number of anilines is 3. The molecule has 4 rings (SSSR count). The van der Waals surface area contributed by atoms with E-state index in [4.69, 9.17) is 11.6 Å². The first-order valence-electron chi connectivity index (χ1n) is 10.8. The van der Waals surface area contributed by atoms with Crippen LogP contribution in [0.2, 0.25) is 5.02 Å². The molecule has 1 fully saturated rings. The molecule has 1 N–H and O–H groups in total. The molecule has 1 unspecified atom stereocenters. The molecule has 1 aliphatic heterocycles. The maximum absolute atomic E-state index is 14.4. The minimum atomic E-state index is -0.265. The van der Waals surface area contributed by atoms with Crippen LogP contribution in [0.15, 0.2) is 76.5 Å². The number of nitrogens with zero attached hydrogens (tertiary/aromatic N) is 3. The number of rotatable bonds is 8. The average Bonchev–Trinajstić information content (AvgIpc) is 3.28. The summed E-state index contributed by atoms with van der Waals surface area (Å²) in [6.45, 7) is 1.58. The van der Waals surface area contributed by atoms with Crippen LogP contribution in [0.1, 0.15) is 6.42 Å². The lowest BCUT2D eigenvalue weighted by Gasteiger charge is -2.29. The molecule has 174 valence electrons. The van der Waals surface area contributed by atoms with Crippen molar-refractivity contribution in [1.82, 2.24) is 4.31 Å². The highest BCUT2D eigenvalue weighted by Gasteiger charge is 2.28. The number of nitrogens with one attached hydrogen (secondary N) is 1. The molecule has 0 bridgehead atoms. The van der Waals surface area contributed by atoms with E-state index in [-0.39, 0.29) is 11.9 Å². The molecule has 3 aromatic rings. The Labute approximate surface area is 209 Å². The lowest BCUT2D eigenvalue weighted by atomic mass is 10.2. The Kier molecular flexibility index (Phi) is 7.96. The highest BCUT2D eigenvalue weighted by Crippen LogP contribution is 2.34. The van der Waals surface area contributed by atoms with E-state index in [1.807, 2.05) is 20.2 Å². The Balaban J connectivity index is 1.41. The van der Waals surface area contributed by atoms with Crippen molar-refractivity contribution in [1.29, 1.82) is 0 Å². The van der Waals surface area contributed by atoms with E-state index in [2.05, 4.69) is 68.3 Å². The van der Waals surface area contributed by atoms with Crippen LogP contribution in [0.5, 0.6) is 0 Å². The van der Waals surface area contributed by atoms with Crippen LogP contribution < -0.4 is 14.5 Å². The molecule has 0 amide bonds. The van der Waals surface area contributed by atoms with E-state index in [1.165, 1.54) is 11.0 Å². The summed E-state index contributed by atoms with van der Waals surface area (Å²) in [6.07, 6.45) is 0.963. The summed E-state index contributed by atoms with van der Waals surface area (Å²) >= 11 is 9.23. The van der Waals surface area contributed by atoms with Crippen LogP contribution in [0.4, 0.5) is 21.5 Å². The van der Waals surface area contributed by atoms with Crippen LogP contribution in [-0.4, -0.2) is 44.6 Å². The van der Waals surface area contributed by atoms with E-state index < -0.39 is 0 Å². The van der Waals surface area contributed by atoms with E-state index in [0.717, 1.165) is 35.8 Å². The molecule has 0 saturated carbocycles. The van der Waals surface area contributed by atoms with Crippen molar-refractivity contribution in [3.05, 3.63) is 77.6 Å². The summed E-state index contributed by atoms with van der Waals surface area (Å²) in [5.74, 6) is -0.265. The fourth-order valence-corrected chi connectivity index (χ4v) is 5.48. The predicted octanol–water partition coefficient (Wildman–Crippen LogP) is 6.88. The Bertz CT molecular complexity index is 1080. The van der Waals surface area contributed by atoms with Crippen molar-refractivity contribution >= 4 is 52.6 Å². The van der Waals surface area contributed by atoms with Crippen LogP contribution in [0.3, 0.4) is 0 Å². The first kappa shape index (κ1) is 24.1. The van der Waals surface area contributed by atoms with Gasteiger partial charge in [-0.1, -0.05) is 23.7 Å². The number of hydrogen-bond donors (Lipinski definition) is 1. The lowest BCUT2D eigenvalue weighted by molar-refractivity contribution is 0.622. The molecule has 4 nitrogen and oxygen atoms in total. The maximum atomic E-state index is 14.4. The zero-order valence-electron chi connectivity index (χ0n) is 19.0. The molecule has 0 aromatic heterocycles. The molecule has 8 heteroatoms. The van der Waals surface area contributed by atoms with E-state index in [0.29, 0.717) is 10.7 Å². The Morgan fingerprint density at radius 3 is 2.45 bits per heavy atom. The summed E-state index contributed by atoms with van der Waals surface area (Å²) < 4.78 is 20.0. The third kappa shape index (κ3) is 6.09. The third-order valence-electron chi connectivity index (χ3n) is 5.64. The van der Waals surface area contributed by atoms with Gasteiger partial charge in [-0.25, -0.2) is 4.39 Å². The minimum Gasteiger partial charge on any atom is -0.368 e. The van der Waals surface area contributed by atoms with Gasteiger partial charge in [0.05, 0.1) is 17.1 Å². The van der Waals surface area contributed by atoms with Gasteiger partial charge < -0.3 is 14.5 Å². The molecule has 1 saturated heterocycles. The van der Waals surface area contributed by atoms with Gasteiger partial charge in [0.15, 0.2) is 0 Å². The van der Waals surface area contributed by atoms with Crippen molar-refractivity contribution in [3.63, 3.8) is 0 Å². The molecule has 0 radical (unpaired) electrons. The zero-order valence-corrected chi connectivity index (χ0v) is 21.4. The van der Waals surface area contributed by atoms with Gasteiger partial charge in [0.2, 0.25) is 0 Å². The second-order valence-electron chi connectivity index (χ2n) is 8.19.